The van der Waals surface area contributed by atoms with Crippen LogP contribution in [0.2, 0.25) is 0 Å². The number of guanidine groups is 1. The normalized spacial score (nSPS) is 16.1. The maximum absolute atomic E-state index is 11.7. The number of halogens is 1. The summed E-state index contributed by atoms with van der Waals surface area (Å²) in [7, 11) is 0. The summed E-state index contributed by atoms with van der Waals surface area (Å²) >= 11 is 1.77. The standard InChI is InChI=1S/C20H29N5OS.HI/c1-4-22-19(23-13-15-14-27-17-8-6-5-7-16(15)17)24-9-11-25(12-10-24)20(2,3)18(21)26;/h5-8,14H,4,9-13H2,1-3H3,(H2,21,26)(H,22,23);1H. The van der Waals surface area contributed by atoms with Crippen molar-refractivity contribution in [2.45, 2.75) is 32.9 Å². The van der Waals surface area contributed by atoms with Crippen molar-refractivity contribution in [3.8, 4) is 0 Å². The van der Waals surface area contributed by atoms with E-state index in [1.807, 2.05) is 13.8 Å². The van der Waals surface area contributed by atoms with Crippen LogP contribution in [0, 0.1) is 0 Å². The number of nitrogens with two attached hydrogens (primary N) is 1. The molecular weight excluding hydrogens is 485 g/mol. The molecule has 1 amide bonds. The molecule has 8 heteroatoms. The summed E-state index contributed by atoms with van der Waals surface area (Å²) < 4.78 is 1.30. The number of nitrogens with one attached hydrogen (secondary N) is 1. The van der Waals surface area contributed by atoms with Crippen molar-refractivity contribution in [3.63, 3.8) is 0 Å². The summed E-state index contributed by atoms with van der Waals surface area (Å²) in [6, 6.07) is 8.46. The number of piperazine rings is 1. The smallest absolute Gasteiger partial charge is 0.237 e. The van der Waals surface area contributed by atoms with E-state index in [-0.39, 0.29) is 29.9 Å². The third-order valence-corrected chi connectivity index (χ3v) is 6.28. The van der Waals surface area contributed by atoms with Gasteiger partial charge in [0.1, 0.15) is 0 Å². The predicted octanol–water partition coefficient (Wildman–Crippen LogP) is 2.87. The highest BCUT2D eigenvalue weighted by Crippen LogP contribution is 2.26. The molecule has 1 aromatic heterocycles. The largest absolute Gasteiger partial charge is 0.368 e. The average molecular weight is 515 g/mol. The van der Waals surface area contributed by atoms with Crippen molar-refractivity contribution in [2.75, 3.05) is 32.7 Å². The van der Waals surface area contributed by atoms with Crippen LogP contribution in [0.15, 0.2) is 34.6 Å². The van der Waals surface area contributed by atoms with Gasteiger partial charge in [-0.25, -0.2) is 4.99 Å². The van der Waals surface area contributed by atoms with Gasteiger partial charge in [-0.2, -0.15) is 0 Å². The summed E-state index contributed by atoms with van der Waals surface area (Å²) in [5, 5.41) is 6.89. The number of rotatable bonds is 5. The summed E-state index contributed by atoms with van der Waals surface area (Å²) in [5.41, 5.74) is 6.21. The van der Waals surface area contributed by atoms with E-state index < -0.39 is 5.54 Å². The lowest BCUT2D eigenvalue weighted by molar-refractivity contribution is -0.129. The minimum absolute atomic E-state index is 0. The first-order valence-electron chi connectivity index (χ1n) is 9.46. The number of aliphatic imine (C=N–C) groups is 1. The van der Waals surface area contributed by atoms with E-state index in [1.54, 1.807) is 11.3 Å². The minimum Gasteiger partial charge on any atom is -0.368 e. The molecule has 2 aromatic rings. The van der Waals surface area contributed by atoms with Gasteiger partial charge in [0.15, 0.2) is 5.96 Å². The zero-order chi connectivity index (χ0) is 19.4. The second kappa shape index (κ2) is 9.89. The molecule has 3 rings (SSSR count). The van der Waals surface area contributed by atoms with Gasteiger partial charge < -0.3 is 16.0 Å². The number of hydrogen-bond donors (Lipinski definition) is 2. The third kappa shape index (κ3) is 4.96. The van der Waals surface area contributed by atoms with Crippen LogP contribution in [0.5, 0.6) is 0 Å². The SMILES string of the molecule is CCNC(=NCc1csc2ccccc12)N1CCN(C(C)(C)C(N)=O)CC1.I. The fraction of sp³-hybridized carbons (Fsp3) is 0.500. The Bertz CT molecular complexity index is 827. The van der Waals surface area contributed by atoms with Crippen LogP contribution >= 0.6 is 35.3 Å². The molecule has 1 aromatic carbocycles. The monoisotopic (exact) mass is 515 g/mol. The van der Waals surface area contributed by atoms with Gasteiger partial charge in [0, 0.05) is 37.4 Å². The molecule has 0 atom stereocenters. The van der Waals surface area contributed by atoms with E-state index in [2.05, 4.69) is 51.7 Å². The number of carbonyl (C=O) groups excluding carboxylic acids is 1. The van der Waals surface area contributed by atoms with E-state index in [9.17, 15) is 4.79 Å². The fourth-order valence-corrected chi connectivity index (χ4v) is 4.33. The van der Waals surface area contributed by atoms with Crippen molar-refractivity contribution < 1.29 is 4.79 Å². The Balaban J connectivity index is 0.00000280. The van der Waals surface area contributed by atoms with E-state index in [4.69, 9.17) is 10.7 Å². The second-order valence-corrected chi connectivity index (χ2v) is 8.24. The van der Waals surface area contributed by atoms with Crippen molar-refractivity contribution in [3.05, 3.63) is 35.2 Å². The van der Waals surface area contributed by atoms with Gasteiger partial charge in [-0.05, 0) is 43.2 Å². The van der Waals surface area contributed by atoms with Crippen molar-refractivity contribution in [1.29, 1.82) is 0 Å². The predicted molar refractivity (Wildman–Crippen MR) is 128 cm³/mol. The van der Waals surface area contributed by atoms with E-state index in [0.717, 1.165) is 38.7 Å². The van der Waals surface area contributed by atoms with Gasteiger partial charge in [0.05, 0.1) is 12.1 Å². The molecular formula is C20H30IN5OS. The number of primary amides is 1. The maximum atomic E-state index is 11.7. The van der Waals surface area contributed by atoms with Gasteiger partial charge in [-0.15, -0.1) is 35.3 Å². The molecule has 0 bridgehead atoms. The zero-order valence-corrected chi connectivity index (χ0v) is 19.9. The van der Waals surface area contributed by atoms with Gasteiger partial charge in [0.2, 0.25) is 5.91 Å². The first kappa shape index (κ1) is 22.9. The molecule has 0 aliphatic carbocycles. The molecule has 154 valence electrons. The zero-order valence-electron chi connectivity index (χ0n) is 16.8. The summed E-state index contributed by atoms with van der Waals surface area (Å²) in [6.45, 7) is 10.6. The molecule has 6 nitrogen and oxygen atoms in total. The summed E-state index contributed by atoms with van der Waals surface area (Å²) in [5.74, 6) is 0.658. The minimum atomic E-state index is -0.614. The number of fused-ring (bicyclic) bond motifs is 1. The lowest BCUT2D eigenvalue weighted by Gasteiger charge is -2.43. The lowest BCUT2D eigenvalue weighted by Crippen LogP contribution is -2.61. The molecule has 2 heterocycles. The van der Waals surface area contributed by atoms with Gasteiger partial charge in [-0.3, -0.25) is 9.69 Å². The van der Waals surface area contributed by atoms with Crippen LogP contribution in [0.1, 0.15) is 26.3 Å². The van der Waals surface area contributed by atoms with Gasteiger partial charge >= 0.3 is 0 Å². The third-order valence-electron chi connectivity index (χ3n) is 5.27. The molecule has 0 radical (unpaired) electrons. The molecule has 0 spiro atoms. The molecule has 1 saturated heterocycles. The number of hydrogen-bond acceptors (Lipinski definition) is 4. The molecule has 1 aliphatic heterocycles. The maximum Gasteiger partial charge on any atom is 0.237 e. The van der Waals surface area contributed by atoms with Crippen LogP contribution in [0.4, 0.5) is 0 Å². The fourth-order valence-electron chi connectivity index (χ4n) is 3.37. The Hall–Kier alpha value is -1.39. The Morgan fingerprint density at radius 1 is 1.25 bits per heavy atom. The lowest BCUT2D eigenvalue weighted by atomic mass is 10.0. The molecule has 0 saturated carbocycles. The van der Waals surface area contributed by atoms with E-state index >= 15 is 0 Å². The highest BCUT2D eigenvalue weighted by molar-refractivity contribution is 14.0. The Morgan fingerprint density at radius 2 is 1.93 bits per heavy atom. The summed E-state index contributed by atoms with van der Waals surface area (Å²) in [4.78, 5) is 21.0. The highest BCUT2D eigenvalue weighted by Gasteiger charge is 2.35. The van der Waals surface area contributed by atoms with Gasteiger partial charge in [-0.1, -0.05) is 18.2 Å². The topological polar surface area (TPSA) is 74.0 Å². The number of nitrogens with zero attached hydrogens (tertiary/aromatic N) is 3. The Labute approximate surface area is 188 Å². The average Bonchev–Trinajstić information content (AvgIpc) is 3.08. The molecule has 3 N–H and O–H groups in total. The summed E-state index contributed by atoms with van der Waals surface area (Å²) in [6.07, 6.45) is 0. The van der Waals surface area contributed by atoms with Crippen LogP contribution in [0.25, 0.3) is 10.1 Å². The van der Waals surface area contributed by atoms with Crippen LogP contribution in [0.3, 0.4) is 0 Å². The van der Waals surface area contributed by atoms with E-state index in [0.29, 0.717) is 6.54 Å². The van der Waals surface area contributed by atoms with Crippen LogP contribution < -0.4 is 11.1 Å². The van der Waals surface area contributed by atoms with Crippen molar-refractivity contribution in [1.82, 2.24) is 15.1 Å². The van der Waals surface area contributed by atoms with Crippen LogP contribution in [-0.4, -0.2) is 59.9 Å². The molecule has 1 fully saturated rings. The number of benzene rings is 1. The highest BCUT2D eigenvalue weighted by atomic mass is 127. The first-order valence-corrected chi connectivity index (χ1v) is 10.3. The Morgan fingerprint density at radius 3 is 2.57 bits per heavy atom. The van der Waals surface area contributed by atoms with Crippen molar-refractivity contribution >= 4 is 57.3 Å². The first-order chi connectivity index (χ1) is 12.9. The molecule has 0 unspecified atom stereocenters. The quantitative estimate of drug-likeness (QED) is 0.365. The van der Waals surface area contributed by atoms with Gasteiger partial charge in [0.25, 0.3) is 0 Å². The Kier molecular flexibility index (Phi) is 8.08. The van der Waals surface area contributed by atoms with Crippen molar-refractivity contribution in [2.24, 2.45) is 10.7 Å². The molecule has 1 aliphatic rings. The number of amides is 1. The van der Waals surface area contributed by atoms with E-state index in [1.165, 1.54) is 15.6 Å². The molecule has 28 heavy (non-hydrogen) atoms. The number of carbonyl (C=O) groups is 1. The number of thiophene rings is 1. The van der Waals surface area contributed by atoms with Crippen LogP contribution in [-0.2, 0) is 11.3 Å². The second-order valence-electron chi connectivity index (χ2n) is 7.32.